The standard InChI is InChI=1S/C30H42Cl2O2S2.Ti/c1-29(2,3)21-13-19(27(33)23(31)15-21)17-35-25-11-9-7-8-10-12-26(25)36-18-20-14-22(30(4,5)6)16-24(32)28(20)34;/h13-16,25-26,33-34H,7-12,17-18H2,1-6H3;/t25-,26?;/m0./s1. The summed E-state index contributed by atoms with van der Waals surface area (Å²) in [7, 11) is 0.597. The number of hydrogen-bond donors (Lipinski definition) is 2. The van der Waals surface area contributed by atoms with Gasteiger partial charge < -0.3 is 0 Å². The second-order valence-corrected chi connectivity index (χ2v) is 25.0. The van der Waals surface area contributed by atoms with Crippen molar-refractivity contribution in [3.8, 4) is 11.5 Å². The zero-order valence-corrected chi connectivity index (χ0v) is 27.8. The third-order valence-corrected chi connectivity index (χ3v) is 24.2. The molecule has 4 rings (SSSR count). The van der Waals surface area contributed by atoms with E-state index in [-0.39, 0.29) is 37.8 Å². The van der Waals surface area contributed by atoms with Crippen LogP contribution in [0.4, 0.5) is 0 Å². The van der Waals surface area contributed by atoms with Gasteiger partial charge >= 0.3 is 246 Å². The number of halogens is 2. The van der Waals surface area contributed by atoms with Crippen molar-refractivity contribution in [2.45, 2.75) is 113 Å². The number of aromatic hydroxyl groups is 2. The second kappa shape index (κ2) is 11.9. The summed E-state index contributed by atoms with van der Waals surface area (Å²) >= 11 is 12.8. The van der Waals surface area contributed by atoms with Crippen LogP contribution >= 0.6 is 39.1 Å². The van der Waals surface area contributed by atoms with Gasteiger partial charge in [-0.15, -0.1) is 0 Å². The minimum absolute atomic E-state index is 0.0108. The first kappa shape index (κ1) is 30.0. The number of phenolic OH excluding ortho intramolecular Hbond substituents is 2. The number of hydrogen-bond acceptors (Lipinski definition) is 2. The Balaban J connectivity index is 1.77. The molecule has 1 aliphatic heterocycles. The van der Waals surface area contributed by atoms with Crippen molar-refractivity contribution < 1.29 is 25.7 Å². The van der Waals surface area contributed by atoms with E-state index in [2.05, 4.69) is 53.7 Å². The summed E-state index contributed by atoms with van der Waals surface area (Å²) < 4.78 is 0. The molecule has 2 aliphatic rings. The molecule has 1 saturated carbocycles. The van der Waals surface area contributed by atoms with E-state index in [4.69, 9.17) is 23.2 Å². The van der Waals surface area contributed by atoms with Gasteiger partial charge in [-0.2, -0.15) is 0 Å². The molecule has 4 atom stereocenters. The molecule has 1 aliphatic carbocycles. The van der Waals surface area contributed by atoms with Crippen LogP contribution in [0.25, 0.3) is 0 Å². The summed E-state index contributed by atoms with van der Waals surface area (Å²) in [5.41, 5.74) is 4.44. The molecule has 0 amide bonds. The van der Waals surface area contributed by atoms with Crippen molar-refractivity contribution in [2.24, 2.45) is 0 Å². The number of fused-ring (bicyclic) bond motifs is 1. The molecule has 7 heteroatoms. The molecule has 2 aromatic rings. The molecule has 1 heterocycles. The molecule has 2 aromatic carbocycles. The van der Waals surface area contributed by atoms with E-state index in [1.807, 2.05) is 12.1 Å². The Bertz CT molecular complexity index is 1160. The molecule has 0 radical (unpaired) electrons. The van der Waals surface area contributed by atoms with E-state index in [1.165, 1.54) is 49.7 Å². The van der Waals surface area contributed by atoms with Gasteiger partial charge in [0.05, 0.1) is 0 Å². The summed E-state index contributed by atoms with van der Waals surface area (Å²) in [6.07, 6.45) is 7.94. The molecule has 0 aromatic heterocycles. The van der Waals surface area contributed by atoms with Crippen LogP contribution < -0.4 is 0 Å². The molecule has 1 fully saturated rings. The Hall–Kier alpha value is 0.0343. The summed E-state index contributed by atoms with van der Waals surface area (Å²) in [5.74, 6) is 2.47. The van der Waals surface area contributed by atoms with E-state index < -0.39 is 0 Å². The van der Waals surface area contributed by atoms with Crippen molar-refractivity contribution in [1.82, 2.24) is 0 Å². The van der Waals surface area contributed by atoms with E-state index in [0.29, 0.717) is 26.0 Å². The molecule has 204 valence electrons. The predicted octanol–water partition coefficient (Wildman–Crippen LogP) is 10.3. The van der Waals surface area contributed by atoms with E-state index >= 15 is 0 Å². The fraction of sp³-hybridized carbons (Fsp3) is 0.600. The van der Waals surface area contributed by atoms with Crippen LogP contribution in [-0.2, 0) is 37.8 Å². The van der Waals surface area contributed by atoms with Crippen molar-refractivity contribution in [3.05, 3.63) is 56.6 Å². The van der Waals surface area contributed by atoms with Gasteiger partial charge in [0.1, 0.15) is 0 Å². The van der Waals surface area contributed by atoms with Gasteiger partial charge in [-0.1, -0.05) is 0 Å². The zero-order valence-electron chi connectivity index (χ0n) is 23.1. The Labute approximate surface area is 244 Å². The average molecular weight is 618 g/mol. The third kappa shape index (κ3) is 7.03. The first-order valence-corrected chi connectivity index (χ1v) is 20.9. The van der Waals surface area contributed by atoms with Gasteiger partial charge in [0.2, 0.25) is 0 Å². The normalized spacial score (nSPS) is 24.5. The van der Waals surface area contributed by atoms with Crippen LogP contribution in [0.15, 0.2) is 24.3 Å². The van der Waals surface area contributed by atoms with E-state index in [0.717, 1.165) is 33.1 Å². The van der Waals surface area contributed by atoms with Gasteiger partial charge in [0.25, 0.3) is 0 Å². The molecule has 37 heavy (non-hydrogen) atoms. The SMILES string of the molecule is CC(C)(C)c1cc(Cl)c(O)c(C[S]2=[Ti]=[S](Cc3cc(C(C)(C)C)cc(Cl)c3O)[C@H]3CCCCCCC32)c1. The Morgan fingerprint density at radius 3 is 1.43 bits per heavy atom. The van der Waals surface area contributed by atoms with Gasteiger partial charge in [0.15, 0.2) is 0 Å². The minimum atomic E-state index is -0.267. The Kier molecular flexibility index (Phi) is 9.63. The quantitative estimate of drug-likeness (QED) is 0.335. The molecule has 0 spiro atoms. The van der Waals surface area contributed by atoms with Crippen LogP contribution in [0, 0.1) is 0 Å². The van der Waals surface area contributed by atoms with Gasteiger partial charge in [-0.25, -0.2) is 0 Å². The molecular formula is C30H42Cl2O2S2Ti. The third-order valence-electron chi connectivity index (χ3n) is 7.73. The van der Waals surface area contributed by atoms with Crippen LogP contribution in [0.2, 0.25) is 10.0 Å². The predicted molar refractivity (Wildman–Crippen MR) is 162 cm³/mol. The van der Waals surface area contributed by atoms with Crippen LogP contribution in [0.1, 0.15) is 102 Å². The maximum atomic E-state index is 11.0. The fourth-order valence-corrected chi connectivity index (χ4v) is 26.6. The van der Waals surface area contributed by atoms with Crippen LogP contribution in [0.5, 0.6) is 11.5 Å². The topological polar surface area (TPSA) is 40.5 Å². The average Bonchev–Trinajstić information content (AvgIpc) is 3.07. The maximum absolute atomic E-state index is 11.0. The van der Waals surface area contributed by atoms with Crippen molar-refractivity contribution in [2.75, 3.05) is 0 Å². The van der Waals surface area contributed by atoms with Crippen molar-refractivity contribution >= 4 is 39.1 Å². The van der Waals surface area contributed by atoms with Crippen molar-refractivity contribution in [1.29, 1.82) is 0 Å². The number of rotatable bonds is 4. The van der Waals surface area contributed by atoms with Crippen LogP contribution in [-0.4, -0.2) is 20.7 Å². The van der Waals surface area contributed by atoms with Crippen molar-refractivity contribution in [3.63, 3.8) is 0 Å². The summed E-state index contributed by atoms with van der Waals surface area (Å²) in [6, 6.07) is 8.30. The molecule has 2 N–H and O–H groups in total. The number of benzene rings is 2. The second-order valence-electron chi connectivity index (χ2n) is 12.7. The van der Waals surface area contributed by atoms with Gasteiger partial charge in [-0.05, 0) is 0 Å². The van der Waals surface area contributed by atoms with Gasteiger partial charge in [0, 0.05) is 0 Å². The molecule has 0 bridgehead atoms. The number of phenols is 2. The van der Waals surface area contributed by atoms with Crippen LogP contribution in [0.3, 0.4) is 0 Å². The Morgan fingerprint density at radius 1 is 0.703 bits per heavy atom. The summed E-state index contributed by atoms with van der Waals surface area (Å²) in [4.78, 5) is 0. The van der Waals surface area contributed by atoms with E-state index in [9.17, 15) is 10.2 Å². The van der Waals surface area contributed by atoms with E-state index in [1.54, 1.807) is 0 Å². The van der Waals surface area contributed by atoms with Gasteiger partial charge in [-0.3, -0.25) is 0 Å². The summed E-state index contributed by atoms with van der Waals surface area (Å²) in [6.45, 7) is 13.2. The first-order valence-electron chi connectivity index (χ1n) is 13.4. The molecule has 2 nitrogen and oxygen atoms in total. The monoisotopic (exact) mass is 616 g/mol. The summed E-state index contributed by atoms with van der Waals surface area (Å²) in [5, 5.41) is 24.4. The first-order chi connectivity index (χ1) is 17.3. The molecule has 0 saturated heterocycles. The molecule has 3 unspecified atom stereocenters. The molecular weight excluding hydrogens is 575 g/mol. The fourth-order valence-electron chi connectivity index (χ4n) is 5.33. The Morgan fingerprint density at radius 2 is 1.08 bits per heavy atom. The zero-order chi connectivity index (χ0) is 27.1.